The Balaban J connectivity index is 1.12. The maximum atomic E-state index is 13.4. The molecular weight excluding hydrogens is 450 g/mol. The second-order valence-electron chi connectivity index (χ2n) is 10.4. The van der Waals surface area contributed by atoms with E-state index in [1.807, 2.05) is 6.07 Å². The number of nitrogens with one attached hydrogen (secondary N) is 1. The number of anilines is 1. The fraction of sp³-hybridized carbons (Fsp3) is 0.433. The van der Waals surface area contributed by atoms with Crippen LogP contribution < -0.4 is 19.7 Å². The third-order valence-corrected chi connectivity index (χ3v) is 7.77. The lowest BCUT2D eigenvalue weighted by Gasteiger charge is -2.27. The van der Waals surface area contributed by atoms with Crippen molar-refractivity contribution in [3.8, 4) is 11.5 Å². The van der Waals surface area contributed by atoms with Crippen molar-refractivity contribution in [2.24, 2.45) is 5.92 Å². The summed E-state index contributed by atoms with van der Waals surface area (Å²) in [6.45, 7) is 5.98. The van der Waals surface area contributed by atoms with Gasteiger partial charge < -0.3 is 24.6 Å². The number of carbonyl (C=O) groups is 1. The zero-order valence-electron chi connectivity index (χ0n) is 20.8. The first-order valence-electron chi connectivity index (χ1n) is 13.4. The average molecular weight is 486 g/mol. The molecule has 0 saturated carbocycles. The Hall–Kier alpha value is -3.25. The minimum Gasteiger partial charge on any atom is -0.486 e. The van der Waals surface area contributed by atoms with Gasteiger partial charge in [-0.3, -0.25) is 4.79 Å². The van der Waals surface area contributed by atoms with Gasteiger partial charge in [0.25, 0.3) is 0 Å². The van der Waals surface area contributed by atoms with Crippen LogP contribution in [0.4, 0.5) is 5.69 Å². The SMILES string of the molecule is O=C(NC(Cc1ccc2c(c1)OCCO2)CN1CCCC1)[C@@H]1CCN(c2ccc3ccccc3c2)C1. The van der Waals surface area contributed by atoms with Gasteiger partial charge in [0.2, 0.25) is 5.91 Å². The number of amides is 1. The number of hydrogen-bond acceptors (Lipinski definition) is 5. The van der Waals surface area contributed by atoms with Crippen LogP contribution in [0.5, 0.6) is 11.5 Å². The van der Waals surface area contributed by atoms with E-state index in [4.69, 9.17) is 9.47 Å². The Morgan fingerprint density at radius 3 is 2.58 bits per heavy atom. The van der Waals surface area contributed by atoms with Gasteiger partial charge in [-0.05, 0) is 79.4 Å². The molecule has 0 bridgehead atoms. The van der Waals surface area contributed by atoms with Crippen LogP contribution in [0.3, 0.4) is 0 Å². The van der Waals surface area contributed by atoms with Gasteiger partial charge in [-0.2, -0.15) is 0 Å². The number of carbonyl (C=O) groups excluding carboxylic acids is 1. The number of rotatable bonds is 7. The molecule has 188 valence electrons. The molecule has 2 fully saturated rings. The Morgan fingerprint density at radius 1 is 0.917 bits per heavy atom. The molecule has 3 aromatic carbocycles. The molecule has 0 spiro atoms. The van der Waals surface area contributed by atoms with Crippen molar-refractivity contribution >= 4 is 22.4 Å². The van der Waals surface area contributed by atoms with Gasteiger partial charge in [-0.25, -0.2) is 0 Å². The Bertz CT molecular complexity index is 1220. The molecule has 2 saturated heterocycles. The molecule has 1 N–H and O–H groups in total. The summed E-state index contributed by atoms with van der Waals surface area (Å²) >= 11 is 0. The lowest BCUT2D eigenvalue weighted by Crippen LogP contribution is -2.46. The zero-order valence-corrected chi connectivity index (χ0v) is 20.8. The molecule has 36 heavy (non-hydrogen) atoms. The topological polar surface area (TPSA) is 54.0 Å². The molecule has 1 unspecified atom stereocenters. The van der Waals surface area contributed by atoms with E-state index >= 15 is 0 Å². The summed E-state index contributed by atoms with van der Waals surface area (Å²) in [6, 6.07) is 21.3. The van der Waals surface area contributed by atoms with Gasteiger partial charge in [0.15, 0.2) is 11.5 Å². The van der Waals surface area contributed by atoms with Crippen LogP contribution in [0, 0.1) is 5.92 Å². The molecule has 3 heterocycles. The van der Waals surface area contributed by atoms with Crippen LogP contribution in [0.2, 0.25) is 0 Å². The van der Waals surface area contributed by atoms with Crippen molar-refractivity contribution in [2.45, 2.75) is 31.7 Å². The van der Waals surface area contributed by atoms with Crippen molar-refractivity contribution in [2.75, 3.05) is 50.8 Å². The van der Waals surface area contributed by atoms with Crippen LogP contribution in [-0.2, 0) is 11.2 Å². The van der Waals surface area contributed by atoms with Gasteiger partial charge >= 0.3 is 0 Å². The standard InChI is InChI=1S/C30H35N3O3/c34-30(25-11-14-33(20-25)27-9-8-23-5-1-2-6-24(23)19-27)31-26(21-32-12-3-4-13-32)17-22-7-10-28-29(18-22)36-16-15-35-28/h1-2,5-10,18-19,25-26H,3-4,11-17,20-21H2,(H,31,34)/t25-,26?/m1/s1. The highest BCUT2D eigenvalue weighted by molar-refractivity contribution is 5.86. The lowest BCUT2D eigenvalue weighted by atomic mass is 10.0. The van der Waals surface area contributed by atoms with E-state index < -0.39 is 0 Å². The van der Waals surface area contributed by atoms with Crippen LogP contribution in [0.15, 0.2) is 60.7 Å². The number of likely N-dealkylation sites (tertiary alicyclic amines) is 1. The Morgan fingerprint density at radius 2 is 1.72 bits per heavy atom. The van der Waals surface area contributed by atoms with E-state index in [1.54, 1.807) is 0 Å². The van der Waals surface area contributed by atoms with Gasteiger partial charge in [-0.1, -0.05) is 36.4 Å². The number of nitrogens with zero attached hydrogens (tertiary/aromatic N) is 2. The van der Waals surface area contributed by atoms with E-state index in [2.05, 4.69) is 69.7 Å². The van der Waals surface area contributed by atoms with E-state index in [0.29, 0.717) is 13.2 Å². The zero-order chi connectivity index (χ0) is 24.3. The summed E-state index contributed by atoms with van der Waals surface area (Å²) < 4.78 is 11.5. The second-order valence-corrected chi connectivity index (χ2v) is 10.4. The molecule has 2 atom stereocenters. The van der Waals surface area contributed by atoms with E-state index in [9.17, 15) is 4.79 Å². The molecule has 3 aliphatic rings. The summed E-state index contributed by atoms with van der Waals surface area (Å²) in [5, 5.41) is 5.93. The van der Waals surface area contributed by atoms with Crippen LogP contribution in [-0.4, -0.2) is 62.8 Å². The minimum absolute atomic E-state index is 0.0119. The van der Waals surface area contributed by atoms with E-state index in [-0.39, 0.29) is 17.9 Å². The van der Waals surface area contributed by atoms with E-state index in [1.165, 1.54) is 34.9 Å². The molecular formula is C30H35N3O3. The quantitative estimate of drug-likeness (QED) is 0.542. The molecule has 0 radical (unpaired) electrons. The maximum absolute atomic E-state index is 13.4. The first-order chi connectivity index (χ1) is 17.7. The summed E-state index contributed by atoms with van der Waals surface area (Å²) in [5.74, 6) is 1.81. The molecule has 6 heteroatoms. The van der Waals surface area contributed by atoms with Crippen molar-refractivity contribution in [1.29, 1.82) is 0 Å². The number of ether oxygens (including phenoxy) is 2. The number of benzene rings is 3. The number of fused-ring (bicyclic) bond motifs is 2. The second kappa shape index (κ2) is 10.4. The molecule has 3 aromatic rings. The van der Waals surface area contributed by atoms with Gasteiger partial charge in [0.1, 0.15) is 13.2 Å². The fourth-order valence-corrected chi connectivity index (χ4v) is 5.84. The third kappa shape index (κ3) is 5.14. The van der Waals surface area contributed by atoms with Crippen molar-refractivity contribution in [1.82, 2.24) is 10.2 Å². The largest absolute Gasteiger partial charge is 0.486 e. The minimum atomic E-state index is 0.0119. The first kappa shape index (κ1) is 23.2. The van der Waals surface area contributed by atoms with Crippen LogP contribution in [0.1, 0.15) is 24.8 Å². The first-order valence-corrected chi connectivity index (χ1v) is 13.4. The molecule has 1 amide bonds. The number of hydrogen-bond donors (Lipinski definition) is 1. The van der Waals surface area contributed by atoms with Crippen LogP contribution >= 0.6 is 0 Å². The summed E-state index contributed by atoms with van der Waals surface area (Å²) in [6.07, 6.45) is 4.17. The highest BCUT2D eigenvalue weighted by Crippen LogP contribution is 2.31. The van der Waals surface area contributed by atoms with Gasteiger partial charge in [-0.15, -0.1) is 0 Å². The van der Waals surface area contributed by atoms with Crippen molar-refractivity contribution < 1.29 is 14.3 Å². The Kier molecular flexibility index (Phi) is 6.69. The smallest absolute Gasteiger partial charge is 0.225 e. The maximum Gasteiger partial charge on any atom is 0.225 e. The fourth-order valence-electron chi connectivity index (χ4n) is 5.84. The van der Waals surface area contributed by atoms with Crippen molar-refractivity contribution in [3.63, 3.8) is 0 Å². The summed E-state index contributed by atoms with van der Waals surface area (Å²) in [5.41, 5.74) is 2.38. The van der Waals surface area contributed by atoms with Crippen molar-refractivity contribution in [3.05, 3.63) is 66.2 Å². The normalized spacial score (nSPS) is 20.6. The molecule has 0 aromatic heterocycles. The molecule has 3 aliphatic heterocycles. The summed E-state index contributed by atoms with van der Waals surface area (Å²) in [7, 11) is 0. The highest BCUT2D eigenvalue weighted by atomic mass is 16.6. The molecule has 0 aliphatic carbocycles. The molecule has 6 nitrogen and oxygen atoms in total. The Labute approximate surface area is 213 Å². The van der Waals surface area contributed by atoms with Crippen LogP contribution in [0.25, 0.3) is 10.8 Å². The van der Waals surface area contributed by atoms with Gasteiger partial charge in [0.05, 0.1) is 5.92 Å². The summed E-state index contributed by atoms with van der Waals surface area (Å²) in [4.78, 5) is 18.3. The molecule has 6 rings (SSSR count). The predicted octanol–water partition coefficient (Wildman–Crippen LogP) is 4.26. The predicted molar refractivity (Wildman–Crippen MR) is 143 cm³/mol. The highest BCUT2D eigenvalue weighted by Gasteiger charge is 2.30. The average Bonchev–Trinajstić information content (AvgIpc) is 3.61. The monoisotopic (exact) mass is 485 g/mol. The van der Waals surface area contributed by atoms with E-state index in [0.717, 1.165) is 57.1 Å². The van der Waals surface area contributed by atoms with Gasteiger partial charge in [0, 0.05) is 31.4 Å². The third-order valence-electron chi connectivity index (χ3n) is 7.77. The lowest BCUT2D eigenvalue weighted by molar-refractivity contribution is -0.125.